The van der Waals surface area contributed by atoms with Crippen LogP contribution in [-0.2, 0) is 4.79 Å². The van der Waals surface area contributed by atoms with Gasteiger partial charge >= 0.3 is 0 Å². The fourth-order valence-electron chi connectivity index (χ4n) is 2.99. The van der Waals surface area contributed by atoms with Crippen molar-refractivity contribution in [3.63, 3.8) is 0 Å². The maximum absolute atomic E-state index is 11.5. The van der Waals surface area contributed by atoms with Crippen LogP contribution < -0.4 is 22.5 Å². The van der Waals surface area contributed by atoms with Gasteiger partial charge in [-0.2, -0.15) is 4.99 Å². The SMILES string of the molecule is N=C(C(N)=O)C(=NC(N)=N[C@@H]1CCCC[C@@H]1N)Nc1cccc2ncsc12. The normalized spacial score (nSPS) is 21.2. The number of hydrogen-bond donors (Lipinski definition) is 5. The second kappa shape index (κ2) is 8.23. The topological polar surface area (TPSA) is 169 Å². The summed E-state index contributed by atoms with van der Waals surface area (Å²) in [6.45, 7) is 0. The van der Waals surface area contributed by atoms with Crippen LogP contribution in [0.3, 0.4) is 0 Å². The summed E-state index contributed by atoms with van der Waals surface area (Å²) in [5.74, 6) is -1.02. The van der Waals surface area contributed by atoms with Crippen molar-refractivity contribution >= 4 is 50.7 Å². The minimum atomic E-state index is -0.917. The van der Waals surface area contributed by atoms with Crippen LogP contribution in [-0.4, -0.2) is 40.5 Å². The number of nitrogens with two attached hydrogens (primary N) is 3. The molecule has 1 aliphatic rings. The van der Waals surface area contributed by atoms with E-state index in [1.54, 1.807) is 11.6 Å². The van der Waals surface area contributed by atoms with E-state index in [4.69, 9.17) is 22.6 Å². The summed E-state index contributed by atoms with van der Waals surface area (Å²) < 4.78 is 0.868. The number of amidine groups is 1. The smallest absolute Gasteiger partial charge is 0.270 e. The molecule has 0 spiro atoms. The van der Waals surface area contributed by atoms with E-state index in [1.807, 2.05) is 12.1 Å². The number of carbonyl (C=O) groups excluding carboxylic acids is 1. The molecular weight excluding hydrogens is 364 g/mol. The van der Waals surface area contributed by atoms with E-state index >= 15 is 0 Å². The Kier molecular flexibility index (Phi) is 5.77. The molecule has 0 saturated heterocycles. The highest BCUT2D eigenvalue weighted by molar-refractivity contribution is 7.17. The van der Waals surface area contributed by atoms with E-state index < -0.39 is 11.6 Å². The minimum Gasteiger partial charge on any atom is -0.368 e. The quantitative estimate of drug-likeness (QED) is 0.392. The Hall–Kier alpha value is -2.85. The highest BCUT2D eigenvalue weighted by Crippen LogP contribution is 2.26. The Morgan fingerprint density at radius 3 is 2.81 bits per heavy atom. The zero-order valence-corrected chi connectivity index (χ0v) is 15.5. The lowest BCUT2D eigenvalue weighted by Gasteiger charge is -2.25. The van der Waals surface area contributed by atoms with Crippen LogP contribution in [0.2, 0.25) is 0 Å². The number of nitrogens with zero attached hydrogens (tertiary/aromatic N) is 3. The van der Waals surface area contributed by atoms with Gasteiger partial charge in [-0.15, -0.1) is 11.3 Å². The zero-order chi connectivity index (χ0) is 19.4. The van der Waals surface area contributed by atoms with Crippen LogP contribution in [0.4, 0.5) is 5.69 Å². The molecule has 0 unspecified atom stereocenters. The predicted molar refractivity (Wildman–Crippen MR) is 109 cm³/mol. The number of anilines is 1. The number of aromatic nitrogens is 1. The lowest BCUT2D eigenvalue weighted by atomic mass is 9.91. The highest BCUT2D eigenvalue weighted by Gasteiger charge is 2.22. The summed E-state index contributed by atoms with van der Waals surface area (Å²) in [7, 11) is 0. The molecule has 1 saturated carbocycles. The van der Waals surface area contributed by atoms with Gasteiger partial charge in [-0.25, -0.2) is 9.98 Å². The van der Waals surface area contributed by atoms with E-state index in [1.165, 1.54) is 11.3 Å². The van der Waals surface area contributed by atoms with E-state index in [0.717, 1.165) is 35.9 Å². The molecule has 1 aliphatic carbocycles. The van der Waals surface area contributed by atoms with Crippen molar-refractivity contribution in [3.8, 4) is 0 Å². The molecule has 0 bridgehead atoms. The van der Waals surface area contributed by atoms with Crippen molar-refractivity contribution in [1.29, 1.82) is 5.41 Å². The standard InChI is InChI=1S/C17H22N8OS/c18-9-4-1-2-5-10(9)24-17(21)25-16(13(19)15(20)26)23-12-7-3-6-11-14(12)27-8-22-11/h3,6-10,19H,1-2,4-5,18H2,(H2,20,26)(H3,21,23,24,25)/t9-,10+/m0/s1. The minimum absolute atomic E-state index is 0.0395. The summed E-state index contributed by atoms with van der Waals surface area (Å²) >= 11 is 1.43. The number of hydrogen-bond acceptors (Lipinski definition) is 6. The third-order valence-electron chi connectivity index (χ3n) is 4.40. The number of rotatable bonds is 4. The van der Waals surface area contributed by atoms with E-state index in [0.29, 0.717) is 5.69 Å². The Morgan fingerprint density at radius 1 is 1.30 bits per heavy atom. The fraction of sp³-hybridized carbons (Fsp3) is 0.353. The Bertz CT molecular complexity index is 919. The molecular formula is C17H22N8OS. The number of carbonyl (C=O) groups is 1. The summed E-state index contributed by atoms with van der Waals surface area (Å²) in [4.78, 5) is 24.3. The number of primary amides is 1. The molecule has 1 aromatic carbocycles. The summed E-state index contributed by atoms with van der Waals surface area (Å²) in [6.07, 6.45) is 3.84. The number of thiazole rings is 1. The van der Waals surface area contributed by atoms with Gasteiger partial charge in [0.15, 0.2) is 11.5 Å². The van der Waals surface area contributed by atoms with E-state index in [2.05, 4.69) is 20.3 Å². The third kappa shape index (κ3) is 4.47. The maximum atomic E-state index is 11.5. The summed E-state index contributed by atoms with van der Waals surface area (Å²) in [5, 5.41) is 10.9. The Labute approximate surface area is 160 Å². The number of guanidine groups is 1. The van der Waals surface area contributed by atoms with Crippen molar-refractivity contribution in [2.75, 3.05) is 5.32 Å². The number of nitrogens with one attached hydrogen (secondary N) is 2. The number of benzene rings is 1. The first-order valence-corrected chi connectivity index (χ1v) is 9.49. The van der Waals surface area contributed by atoms with Crippen LogP contribution in [0.25, 0.3) is 10.2 Å². The molecule has 142 valence electrons. The molecule has 1 fully saturated rings. The van der Waals surface area contributed by atoms with Crippen LogP contribution in [0.1, 0.15) is 25.7 Å². The molecule has 10 heteroatoms. The van der Waals surface area contributed by atoms with Gasteiger partial charge in [0.2, 0.25) is 5.96 Å². The van der Waals surface area contributed by atoms with Crippen molar-refractivity contribution in [2.45, 2.75) is 37.8 Å². The average Bonchev–Trinajstić information content (AvgIpc) is 3.12. The molecule has 0 radical (unpaired) electrons. The van der Waals surface area contributed by atoms with Crippen molar-refractivity contribution in [3.05, 3.63) is 23.7 Å². The lowest BCUT2D eigenvalue weighted by Crippen LogP contribution is -2.38. The van der Waals surface area contributed by atoms with Gasteiger partial charge in [0.25, 0.3) is 5.91 Å². The first-order valence-electron chi connectivity index (χ1n) is 8.61. The first-order chi connectivity index (χ1) is 13.0. The molecule has 1 heterocycles. The third-order valence-corrected chi connectivity index (χ3v) is 5.27. The zero-order valence-electron chi connectivity index (χ0n) is 14.7. The number of fused-ring (bicyclic) bond motifs is 1. The van der Waals surface area contributed by atoms with Gasteiger partial charge in [-0.1, -0.05) is 18.9 Å². The van der Waals surface area contributed by atoms with Crippen LogP contribution in [0, 0.1) is 5.41 Å². The molecule has 2 atom stereocenters. The predicted octanol–water partition coefficient (Wildman–Crippen LogP) is 1.20. The van der Waals surface area contributed by atoms with Crippen molar-refractivity contribution in [1.82, 2.24) is 4.98 Å². The van der Waals surface area contributed by atoms with Crippen LogP contribution in [0.15, 0.2) is 33.7 Å². The number of aliphatic imine (C=N–C) groups is 2. The largest absolute Gasteiger partial charge is 0.368 e. The van der Waals surface area contributed by atoms with Gasteiger partial charge in [0.1, 0.15) is 0 Å². The number of amides is 1. The molecule has 8 N–H and O–H groups in total. The molecule has 3 rings (SSSR count). The van der Waals surface area contributed by atoms with Gasteiger partial charge in [0, 0.05) is 6.04 Å². The Balaban J connectivity index is 1.91. The van der Waals surface area contributed by atoms with Crippen LogP contribution in [0.5, 0.6) is 0 Å². The molecule has 9 nitrogen and oxygen atoms in total. The average molecular weight is 386 g/mol. The van der Waals surface area contributed by atoms with E-state index in [9.17, 15) is 4.79 Å². The lowest BCUT2D eigenvalue weighted by molar-refractivity contribution is -0.111. The van der Waals surface area contributed by atoms with Crippen LogP contribution >= 0.6 is 11.3 Å². The molecule has 1 aromatic heterocycles. The summed E-state index contributed by atoms with van der Waals surface area (Å²) in [6, 6.07) is 5.30. The molecule has 0 aliphatic heterocycles. The summed E-state index contributed by atoms with van der Waals surface area (Å²) in [5.41, 5.74) is 20.0. The second-order valence-corrected chi connectivity index (χ2v) is 7.19. The van der Waals surface area contributed by atoms with Crippen molar-refractivity contribution in [2.24, 2.45) is 27.2 Å². The van der Waals surface area contributed by atoms with E-state index in [-0.39, 0.29) is 23.9 Å². The molecule has 1 amide bonds. The van der Waals surface area contributed by atoms with Crippen molar-refractivity contribution < 1.29 is 4.79 Å². The molecule has 2 aromatic rings. The van der Waals surface area contributed by atoms with Gasteiger partial charge in [-0.05, 0) is 25.0 Å². The maximum Gasteiger partial charge on any atom is 0.270 e. The first kappa shape index (κ1) is 18.9. The van der Waals surface area contributed by atoms with Gasteiger partial charge in [0.05, 0.1) is 27.5 Å². The second-order valence-electron chi connectivity index (χ2n) is 6.33. The van der Waals surface area contributed by atoms with Gasteiger partial charge in [-0.3, -0.25) is 10.2 Å². The highest BCUT2D eigenvalue weighted by atomic mass is 32.1. The fourth-order valence-corrected chi connectivity index (χ4v) is 3.75. The monoisotopic (exact) mass is 386 g/mol. The van der Waals surface area contributed by atoms with Gasteiger partial charge < -0.3 is 22.5 Å². The Morgan fingerprint density at radius 2 is 2.07 bits per heavy atom. The molecule has 27 heavy (non-hydrogen) atoms.